The summed E-state index contributed by atoms with van der Waals surface area (Å²) < 4.78 is 0. The van der Waals surface area contributed by atoms with E-state index in [2.05, 4.69) is 11.9 Å². The van der Waals surface area contributed by atoms with Crippen LogP contribution < -0.4 is 0 Å². The molecule has 0 saturated carbocycles. The van der Waals surface area contributed by atoms with Crippen LogP contribution in [0.5, 0.6) is 0 Å². The Morgan fingerprint density at radius 3 is 2.43 bits per heavy atom. The zero-order valence-electron chi connectivity index (χ0n) is 12.7. The van der Waals surface area contributed by atoms with E-state index < -0.39 is 5.97 Å². The Kier molecular flexibility index (Phi) is 11.0. The van der Waals surface area contributed by atoms with Crippen molar-refractivity contribution in [3.05, 3.63) is 34.5 Å². The Morgan fingerprint density at radius 2 is 1.87 bits per heavy atom. The second kappa shape index (κ2) is 10.9. The molecule has 1 aromatic heterocycles. The Balaban J connectivity index is 0.00000242. The average Bonchev–Trinajstić information content (AvgIpc) is 2.76. The molecule has 0 bridgehead atoms. The molecular formula is C17H25NNa2O3. The number of hydrogen-bond donors (Lipinski definition) is 3. The van der Waals surface area contributed by atoms with Crippen LogP contribution in [0.3, 0.4) is 0 Å². The molecule has 1 aromatic carbocycles. The third-order valence-corrected chi connectivity index (χ3v) is 3.96. The number of nitrogens with one attached hydrogen (secondary N) is 1. The number of carbonyl (C=O) groups is 1. The summed E-state index contributed by atoms with van der Waals surface area (Å²) in [7, 11) is 0. The van der Waals surface area contributed by atoms with Gasteiger partial charge in [-0.15, -0.1) is 0 Å². The molecular weight excluding hydrogens is 312 g/mol. The number of aromatic carboxylic acids is 1. The number of aliphatic hydroxyl groups excluding tert-OH is 1. The van der Waals surface area contributed by atoms with E-state index in [0.29, 0.717) is 12.0 Å². The quantitative estimate of drug-likeness (QED) is 0.535. The molecule has 0 aliphatic carbocycles. The van der Waals surface area contributed by atoms with Crippen LogP contribution >= 0.6 is 0 Å². The van der Waals surface area contributed by atoms with Gasteiger partial charge in [-0.1, -0.05) is 19.8 Å². The van der Waals surface area contributed by atoms with Crippen molar-refractivity contribution < 1.29 is 15.0 Å². The molecule has 0 radical (unpaired) electrons. The second-order valence-corrected chi connectivity index (χ2v) is 5.53. The fourth-order valence-corrected chi connectivity index (χ4v) is 2.85. The van der Waals surface area contributed by atoms with Gasteiger partial charge in [-0.25, -0.2) is 4.79 Å². The number of fused-ring (bicyclic) bond motifs is 1. The van der Waals surface area contributed by atoms with Gasteiger partial charge in [0.15, 0.2) is 0 Å². The van der Waals surface area contributed by atoms with E-state index in [4.69, 9.17) is 0 Å². The Bertz CT molecular complexity index is 653. The number of H-pyrrole nitrogens is 1. The molecule has 3 N–H and O–H groups in total. The average molecular weight is 337 g/mol. The molecule has 0 aliphatic heterocycles. The number of benzene rings is 1. The summed E-state index contributed by atoms with van der Waals surface area (Å²) in [5, 5.41) is 19.6. The van der Waals surface area contributed by atoms with E-state index in [1.54, 1.807) is 6.07 Å². The summed E-state index contributed by atoms with van der Waals surface area (Å²) in [6.45, 7) is 4.09. The molecule has 2 aromatic rings. The minimum atomic E-state index is -0.903. The Hall–Kier alpha value is 0.190. The minimum absolute atomic E-state index is 0. The van der Waals surface area contributed by atoms with Crippen molar-refractivity contribution in [2.75, 3.05) is 6.61 Å². The van der Waals surface area contributed by atoms with Crippen molar-refractivity contribution in [1.29, 1.82) is 0 Å². The zero-order chi connectivity index (χ0) is 15.4. The number of hydrogen-bond acceptors (Lipinski definition) is 2. The number of carboxylic acid groups (broad SMARTS) is 1. The number of carboxylic acids is 1. The molecule has 23 heavy (non-hydrogen) atoms. The maximum absolute atomic E-state index is 11.2. The van der Waals surface area contributed by atoms with Crippen molar-refractivity contribution >= 4 is 76.0 Å². The molecule has 0 atom stereocenters. The summed E-state index contributed by atoms with van der Waals surface area (Å²) in [5.41, 5.74) is 4.21. The third-order valence-electron chi connectivity index (χ3n) is 3.96. The van der Waals surface area contributed by atoms with E-state index in [1.807, 2.05) is 13.0 Å². The number of aryl methyl sites for hydroxylation is 2. The second-order valence-electron chi connectivity index (χ2n) is 5.53. The van der Waals surface area contributed by atoms with Crippen LogP contribution in [0.2, 0.25) is 0 Å². The molecule has 1 heterocycles. The molecule has 2 rings (SSSR count). The molecule has 118 valence electrons. The van der Waals surface area contributed by atoms with E-state index in [9.17, 15) is 15.0 Å². The summed E-state index contributed by atoms with van der Waals surface area (Å²) >= 11 is 0. The fourth-order valence-electron chi connectivity index (χ4n) is 2.85. The van der Waals surface area contributed by atoms with Gasteiger partial charge >= 0.3 is 65.1 Å². The first-order valence-electron chi connectivity index (χ1n) is 7.56. The van der Waals surface area contributed by atoms with Crippen molar-refractivity contribution in [2.45, 2.75) is 46.0 Å². The van der Waals surface area contributed by atoms with Crippen LogP contribution in [-0.4, -0.2) is 86.9 Å². The SMILES string of the molecule is CCCCCc1[nH]c2cc(C(=O)O)c(C)cc2c1CCO.[NaH].[NaH]. The number of aliphatic hydroxyl groups is 1. The maximum atomic E-state index is 11.2. The van der Waals surface area contributed by atoms with Crippen LogP contribution in [0.4, 0.5) is 0 Å². The van der Waals surface area contributed by atoms with Gasteiger partial charge in [0.2, 0.25) is 0 Å². The standard InChI is InChI=1S/C17H23NO3.2Na.2H/c1-3-4-5-6-15-12(7-8-19)14-9-11(2)13(17(20)21)10-16(14)18-15;;;;/h9-10,18-19H,3-8H2,1-2H3,(H,20,21);;;;. The van der Waals surface area contributed by atoms with Gasteiger partial charge < -0.3 is 15.2 Å². The molecule has 6 heteroatoms. The van der Waals surface area contributed by atoms with Gasteiger partial charge in [-0.2, -0.15) is 0 Å². The topological polar surface area (TPSA) is 73.3 Å². The van der Waals surface area contributed by atoms with E-state index >= 15 is 0 Å². The van der Waals surface area contributed by atoms with E-state index in [-0.39, 0.29) is 65.7 Å². The molecule has 0 fully saturated rings. The van der Waals surface area contributed by atoms with Crippen LogP contribution in [0, 0.1) is 6.92 Å². The number of aromatic amines is 1. The summed E-state index contributed by atoms with van der Waals surface area (Å²) in [4.78, 5) is 14.6. The van der Waals surface area contributed by atoms with Gasteiger partial charge in [-0.05, 0) is 49.4 Å². The predicted molar refractivity (Wildman–Crippen MR) is 98.3 cm³/mol. The van der Waals surface area contributed by atoms with Crippen molar-refractivity contribution in [3.63, 3.8) is 0 Å². The first-order valence-corrected chi connectivity index (χ1v) is 7.56. The monoisotopic (exact) mass is 337 g/mol. The summed E-state index contributed by atoms with van der Waals surface area (Å²) in [5.74, 6) is -0.903. The molecule has 0 spiro atoms. The summed E-state index contributed by atoms with van der Waals surface area (Å²) in [6, 6.07) is 3.63. The number of unbranched alkanes of at least 4 members (excludes halogenated alkanes) is 2. The predicted octanol–water partition coefficient (Wildman–Crippen LogP) is 2.15. The van der Waals surface area contributed by atoms with E-state index in [1.165, 1.54) is 6.42 Å². The van der Waals surface area contributed by atoms with E-state index in [0.717, 1.165) is 47.0 Å². The van der Waals surface area contributed by atoms with Crippen LogP contribution in [0.1, 0.15) is 53.4 Å². The van der Waals surface area contributed by atoms with Gasteiger partial charge in [0.25, 0.3) is 0 Å². The van der Waals surface area contributed by atoms with Gasteiger partial charge in [0.1, 0.15) is 0 Å². The van der Waals surface area contributed by atoms with Crippen LogP contribution in [0.15, 0.2) is 12.1 Å². The summed E-state index contributed by atoms with van der Waals surface area (Å²) in [6.07, 6.45) is 4.99. The fraction of sp³-hybridized carbons (Fsp3) is 0.471. The first kappa shape index (κ1) is 23.2. The number of aromatic nitrogens is 1. The molecule has 0 saturated heterocycles. The number of rotatable bonds is 7. The van der Waals surface area contributed by atoms with Gasteiger partial charge in [0, 0.05) is 23.2 Å². The molecule has 4 nitrogen and oxygen atoms in total. The Labute approximate surface area is 181 Å². The normalized spacial score (nSPS) is 10.2. The van der Waals surface area contributed by atoms with Crippen LogP contribution in [0.25, 0.3) is 10.9 Å². The van der Waals surface area contributed by atoms with Crippen molar-refractivity contribution in [1.82, 2.24) is 4.98 Å². The first-order chi connectivity index (χ1) is 10.1. The van der Waals surface area contributed by atoms with Gasteiger partial charge in [-0.3, -0.25) is 0 Å². The van der Waals surface area contributed by atoms with Crippen molar-refractivity contribution in [2.24, 2.45) is 0 Å². The molecule has 0 amide bonds. The third kappa shape index (κ3) is 5.60. The molecule has 0 unspecified atom stereocenters. The molecule has 0 aliphatic rings. The van der Waals surface area contributed by atoms with Crippen molar-refractivity contribution in [3.8, 4) is 0 Å². The van der Waals surface area contributed by atoms with Crippen LogP contribution in [-0.2, 0) is 12.8 Å². The zero-order valence-corrected chi connectivity index (χ0v) is 12.7. The van der Waals surface area contributed by atoms with Gasteiger partial charge in [0.05, 0.1) is 5.56 Å². The Morgan fingerprint density at radius 1 is 1.17 bits per heavy atom.